The molecule has 0 aromatic heterocycles. The molecule has 1 aromatic rings. The molecule has 3 heteroatoms. The van der Waals surface area contributed by atoms with Crippen LogP contribution in [0.25, 0.3) is 0 Å². The van der Waals surface area contributed by atoms with Crippen LogP contribution in [0, 0.1) is 13.8 Å². The summed E-state index contributed by atoms with van der Waals surface area (Å²) in [5.41, 5.74) is 3.59. The summed E-state index contributed by atoms with van der Waals surface area (Å²) >= 11 is 5.19. The number of rotatable bonds is 2. The minimum atomic E-state index is 0.357. The molecule has 0 aliphatic carbocycles. The van der Waals surface area contributed by atoms with Crippen molar-refractivity contribution in [3.05, 3.63) is 29.3 Å². The van der Waals surface area contributed by atoms with E-state index in [1.54, 1.807) is 0 Å². The Morgan fingerprint density at radius 2 is 1.93 bits per heavy atom. The molecule has 0 heterocycles. The van der Waals surface area contributed by atoms with Crippen LogP contribution in [0.1, 0.15) is 25.0 Å². The molecule has 2 N–H and O–H groups in total. The van der Waals surface area contributed by atoms with Gasteiger partial charge >= 0.3 is 0 Å². The van der Waals surface area contributed by atoms with Crippen molar-refractivity contribution in [3.8, 4) is 0 Å². The van der Waals surface area contributed by atoms with Crippen LogP contribution < -0.4 is 10.6 Å². The molecule has 1 rings (SSSR count). The van der Waals surface area contributed by atoms with Gasteiger partial charge in [-0.2, -0.15) is 0 Å². The standard InChI is InChI=1S/C12H18N2S/c1-8(2)13-12(15)14-11-7-5-6-9(3)10(11)4/h5-8H,1-4H3,(H2,13,14,15). The third-order valence-electron chi connectivity index (χ3n) is 2.27. The summed E-state index contributed by atoms with van der Waals surface area (Å²) < 4.78 is 0. The van der Waals surface area contributed by atoms with E-state index in [-0.39, 0.29) is 0 Å². The van der Waals surface area contributed by atoms with E-state index < -0.39 is 0 Å². The van der Waals surface area contributed by atoms with Gasteiger partial charge in [-0.3, -0.25) is 0 Å². The van der Waals surface area contributed by atoms with Crippen LogP contribution in [0.15, 0.2) is 18.2 Å². The monoisotopic (exact) mass is 222 g/mol. The summed E-state index contributed by atoms with van der Waals surface area (Å²) in [6.07, 6.45) is 0. The SMILES string of the molecule is Cc1cccc(NC(=S)NC(C)C)c1C. The maximum Gasteiger partial charge on any atom is 0.170 e. The Hall–Kier alpha value is -1.09. The summed E-state index contributed by atoms with van der Waals surface area (Å²) in [5.74, 6) is 0. The Morgan fingerprint density at radius 1 is 1.27 bits per heavy atom. The molecule has 0 aliphatic rings. The summed E-state index contributed by atoms with van der Waals surface area (Å²) in [4.78, 5) is 0. The van der Waals surface area contributed by atoms with Crippen molar-refractivity contribution in [2.75, 3.05) is 5.32 Å². The highest BCUT2D eigenvalue weighted by Gasteiger charge is 2.03. The maximum atomic E-state index is 5.19. The number of benzene rings is 1. The molecule has 0 bridgehead atoms. The number of anilines is 1. The van der Waals surface area contributed by atoms with Gasteiger partial charge in [-0.25, -0.2) is 0 Å². The van der Waals surface area contributed by atoms with Gasteiger partial charge in [0.2, 0.25) is 0 Å². The molecule has 0 spiro atoms. The third kappa shape index (κ3) is 3.51. The first-order chi connectivity index (χ1) is 7.00. The second kappa shape index (κ2) is 5.12. The average molecular weight is 222 g/mol. The molecule has 82 valence electrons. The number of nitrogens with one attached hydrogen (secondary N) is 2. The molecule has 0 radical (unpaired) electrons. The van der Waals surface area contributed by atoms with E-state index in [1.165, 1.54) is 11.1 Å². The Labute approximate surface area is 97.1 Å². The normalized spacial score (nSPS) is 10.2. The molecule has 0 atom stereocenters. The van der Waals surface area contributed by atoms with Gasteiger partial charge in [0, 0.05) is 11.7 Å². The lowest BCUT2D eigenvalue weighted by atomic mass is 10.1. The van der Waals surface area contributed by atoms with Crippen molar-refractivity contribution >= 4 is 23.0 Å². The molecule has 0 saturated heterocycles. The fourth-order valence-electron chi connectivity index (χ4n) is 1.31. The van der Waals surface area contributed by atoms with E-state index in [0.29, 0.717) is 11.2 Å². The summed E-state index contributed by atoms with van der Waals surface area (Å²) in [7, 11) is 0. The van der Waals surface area contributed by atoms with E-state index in [0.717, 1.165) is 5.69 Å². The molecule has 15 heavy (non-hydrogen) atoms. The molecule has 0 amide bonds. The smallest absolute Gasteiger partial charge is 0.170 e. The number of hydrogen-bond acceptors (Lipinski definition) is 1. The van der Waals surface area contributed by atoms with Gasteiger partial charge in [0.25, 0.3) is 0 Å². The lowest BCUT2D eigenvalue weighted by molar-refractivity contribution is 0.739. The van der Waals surface area contributed by atoms with Crippen molar-refractivity contribution in [2.24, 2.45) is 0 Å². The van der Waals surface area contributed by atoms with Crippen LogP contribution in [0.5, 0.6) is 0 Å². The van der Waals surface area contributed by atoms with Gasteiger partial charge in [-0.05, 0) is 57.1 Å². The van der Waals surface area contributed by atoms with Crippen LogP contribution >= 0.6 is 12.2 Å². The highest BCUT2D eigenvalue weighted by atomic mass is 32.1. The number of aryl methyl sites for hydroxylation is 1. The van der Waals surface area contributed by atoms with Crippen LogP contribution in [0.3, 0.4) is 0 Å². The van der Waals surface area contributed by atoms with E-state index in [2.05, 4.69) is 44.4 Å². The summed E-state index contributed by atoms with van der Waals surface area (Å²) in [6, 6.07) is 6.52. The largest absolute Gasteiger partial charge is 0.360 e. The molecule has 1 aromatic carbocycles. The Morgan fingerprint density at radius 3 is 2.53 bits per heavy atom. The fourth-order valence-corrected chi connectivity index (χ4v) is 1.65. The highest BCUT2D eigenvalue weighted by molar-refractivity contribution is 7.80. The van der Waals surface area contributed by atoms with E-state index in [1.807, 2.05) is 12.1 Å². The van der Waals surface area contributed by atoms with Gasteiger partial charge in [0.1, 0.15) is 0 Å². The van der Waals surface area contributed by atoms with Gasteiger partial charge in [0.05, 0.1) is 0 Å². The van der Waals surface area contributed by atoms with Gasteiger partial charge in [0.15, 0.2) is 5.11 Å². The van der Waals surface area contributed by atoms with Crippen molar-refractivity contribution in [3.63, 3.8) is 0 Å². The van der Waals surface area contributed by atoms with Crippen LogP contribution in [-0.4, -0.2) is 11.2 Å². The fraction of sp³-hybridized carbons (Fsp3) is 0.417. The topological polar surface area (TPSA) is 24.1 Å². The quantitative estimate of drug-likeness (QED) is 0.752. The van der Waals surface area contributed by atoms with Gasteiger partial charge in [-0.15, -0.1) is 0 Å². The zero-order chi connectivity index (χ0) is 11.4. The van der Waals surface area contributed by atoms with Gasteiger partial charge < -0.3 is 10.6 Å². The zero-order valence-electron chi connectivity index (χ0n) is 9.72. The summed E-state index contributed by atoms with van der Waals surface area (Å²) in [5, 5.41) is 7.04. The van der Waals surface area contributed by atoms with Crippen molar-refractivity contribution in [1.29, 1.82) is 0 Å². The van der Waals surface area contributed by atoms with Crippen LogP contribution in [0.2, 0.25) is 0 Å². The average Bonchev–Trinajstić information content (AvgIpc) is 2.11. The Kier molecular flexibility index (Phi) is 4.09. The van der Waals surface area contributed by atoms with Gasteiger partial charge in [-0.1, -0.05) is 12.1 Å². The molecule has 0 aliphatic heterocycles. The predicted octanol–water partition coefficient (Wildman–Crippen LogP) is 3.00. The first-order valence-corrected chi connectivity index (χ1v) is 5.55. The second-order valence-corrected chi connectivity index (χ2v) is 4.41. The van der Waals surface area contributed by atoms with Crippen molar-refractivity contribution in [1.82, 2.24) is 5.32 Å². The van der Waals surface area contributed by atoms with Crippen LogP contribution in [-0.2, 0) is 0 Å². The molecular weight excluding hydrogens is 204 g/mol. The maximum absolute atomic E-state index is 5.19. The van der Waals surface area contributed by atoms with Crippen molar-refractivity contribution in [2.45, 2.75) is 33.7 Å². The summed E-state index contributed by atoms with van der Waals surface area (Å²) in [6.45, 7) is 8.32. The lowest BCUT2D eigenvalue weighted by Gasteiger charge is -2.15. The van der Waals surface area contributed by atoms with E-state index in [4.69, 9.17) is 12.2 Å². The number of thiocarbonyl (C=S) groups is 1. The molecular formula is C12H18N2S. The highest BCUT2D eigenvalue weighted by Crippen LogP contribution is 2.17. The second-order valence-electron chi connectivity index (χ2n) is 4.00. The molecule has 0 fully saturated rings. The van der Waals surface area contributed by atoms with Crippen LogP contribution in [0.4, 0.5) is 5.69 Å². The van der Waals surface area contributed by atoms with E-state index >= 15 is 0 Å². The Bertz CT molecular complexity index is 359. The third-order valence-corrected chi connectivity index (χ3v) is 2.49. The zero-order valence-corrected chi connectivity index (χ0v) is 10.5. The number of hydrogen-bond donors (Lipinski definition) is 2. The molecule has 0 saturated carbocycles. The first-order valence-electron chi connectivity index (χ1n) is 5.14. The first kappa shape index (κ1) is 12.0. The molecule has 2 nitrogen and oxygen atoms in total. The minimum Gasteiger partial charge on any atom is -0.360 e. The van der Waals surface area contributed by atoms with Crippen molar-refractivity contribution < 1.29 is 0 Å². The minimum absolute atomic E-state index is 0.357. The predicted molar refractivity (Wildman–Crippen MR) is 70.4 cm³/mol. The lowest BCUT2D eigenvalue weighted by Crippen LogP contribution is -2.34. The van der Waals surface area contributed by atoms with E-state index in [9.17, 15) is 0 Å². The molecule has 0 unspecified atom stereocenters. The Balaban J connectivity index is 2.73.